The van der Waals surface area contributed by atoms with Gasteiger partial charge in [0.05, 0.1) is 6.42 Å². The number of carbonyl (C=O) groups excluding carboxylic acids is 1. The van der Waals surface area contributed by atoms with Crippen LogP contribution >= 0.6 is 0 Å². The summed E-state index contributed by atoms with van der Waals surface area (Å²) in [5, 5.41) is 3.23. The maximum absolute atomic E-state index is 12.3. The van der Waals surface area contributed by atoms with Gasteiger partial charge in [-0.25, -0.2) is 0 Å². The molecule has 3 heteroatoms. The van der Waals surface area contributed by atoms with Gasteiger partial charge in [0.1, 0.15) is 0 Å². The molecule has 1 amide bonds. The van der Waals surface area contributed by atoms with E-state index >= 15 is 0 Å². The highest BCUT2D eigenvalue weighted by molar-refractivity contribution is 5.78. The lowest BCUT2D eigenvalue weighted by molar-refractivity contribution is -0.122. The van der Waals surface area contributed by atoms with E-state index in [1.54, 1.807) is 0 Å². The molecule has 0 aliphatic heterocycles. The number of anilines is 1. The summed E-state index contributed by atoms with van der Waals surface area (Å²) in [6.07, 6.45) is 8.84. The van der Waals surface area contributed by atoms with E-state index in [1.807, 2.05) is 24.3 Å². The Morgan fingerprint density at radius 1 is 1.14 bits per heavy atom. The van der Waals surface area contributed by atoms with Gasteiger partial charge >= 0.3 is 0 Å². The number of nitrogens with two attached hydrogens (primary N) is 1. The van der Waals surface area contributed by atoms with E-state index in [-0.39, 0.29) is 5.91 Å². The molecular weight excluding hydrogens is 272 g/mol. The number of nitrogen functional groups attached to an aromatic ring is 1. The van der Waals surface area contributed by atoms with E-state index in [0.29, 0.717) is 11.8 Å². The molecule has 0 aromatic heterocycles. The molecule has 4 aliphatic rings. The number of rotatable bonds is 4. The smallest absolute Gasteiger partial charge is 0.224 e. The van der Waals surface area contributed by atoms with Crippen LogP contribution in [0.25, 0.3) is 0 Å². The van der Waals surface area contributed by atoms with Gasteiger partial charge in [-0.15, -0.1) is 0 Å². The Balaban J connectivity index is 1.35. The highest BCUT2D eigenvalue weighted by Gasteiger charge is 2.50. The molecular formula is C19H26N2O. The SMILES string of the molecule is Nc1cccc(CC(=O)NCC23CC4CC(CC(C4)C2)C3)c1. The molecule has 0 spiro atoms. The van der Waals surface area contributed by atoms with Crippen LogP contribution in [0, 0.1) is 23.2 Å². The summed E-state index contributed by atoms with van der Waals surface area (Å²) in [5.41, 5.74) is 7.93. The molecule has 0 heterocycles. The number of hydrogen-bond donors (Lipinski definition) is 2. The van der Waals surface area contributed by atoms with Gasteiger partial charge < -0.3 is 11.1 Å². The topological polar surface area (TPSA) is 55.1 Å². The lowest BCUT2D eigenvalue weighted by Gasteiger charge is -2.56. The second-order valence-electron chi connectivity index (χ2n) is 8.12. The van der Waals surface area contributed by atoms with Crippen LogP contribution in [0.1, 0.15) is 44.1 Å². The molecule has 22 heavy (non-hydrogen) atoms. The van der Waals surface area contributed by atoms with E-state index in [9.17, 15) is 4.79 Å². The molecule has 0 radical (unpaired) electrons. The van der Waals surface area contributed by atoms with Gasteiger partial charge in [-0.2, -0.15) is 0 Å². The van der Waals surface area contributed by atoms with Crippen LogP contribution in [0.15, 0.2) is 24.3 Å². The van der Waals surface area contributed by atoms with Gasteiger partial charge in [-0.1, -0.05) is 12.1 Å². The minimum absolute atomic E-state index is 0.140. The average molecular weight is 298 g/mol. The predicted octanol–water partition coefficient (Wildman–Crippen LogP) is 3.14. The summed E-state index contributed by atoms with van der Waals surface area (Å²) in [6.45, 7) is 0.887. The molecule has 0 atom stereocenters. The van der Waals surface area contributed by atoms with Crippen LogP contribution in [-0.2, 0) is 11.2 Å². The largest absolute Gasteiger partial charge is 0.399 e. The molecule has 4 fully saturated rings. The second kappa shape index (κ2) is 5.29. The number of amides is 1. The predicted molar refractivity (Wildman–Crippen MR) is 88.2 cm³/mol. The van der Waals surface area contributed by atoms with Crippen molar-refractivity contribution in [2.75, 3.05) is 12.3 Å². The Kier molecular flexibility index (Phi) is 3.39. The van der Waals surface area contributed by atoms with Crippen LogP contribution in [-0.4, -0.2) is 12.5 Å². The fraction of sp³-hybridized carbons (Fsp3) is 0.632. The average Bonchev–Trinajstić information content (AvgIpc) is 2.44. The first-order chi connectivity index (χ1) is 10.6. The third kappa shape index (κ3) is 2.73. The molecule has 3 nitrogen and oxygen atoms in total. The molecule has 0 saturated heterocycles. The van der Waals surface area contributed by atoms with E-state index in [0.717, 1.165) is 35.5 Å². The zero-order valence-corrected chi connectivity index (χ0v) is 13.2. The fourth-order valence-electron chi connectivity index (χ4n) is 5.74. The standard InChI is InChI=1S/C19H26N2O/c20-17-3-1-2-13(7-17)8-18(22)21-12-19-9-14-4-15(10-19)6-16(5-14)11-19/h1-3,7,14-16H,4-6,8-12,20H2,(H,21,22). The van der Waals surface area contributed by atoms with Crippen molar-refractivity contribution in [3.63, 3.8) is 0 Å². The van der Waals surface area contributed by atoms with E-state index < -0.39 is 0 Å². The fourth-order valence-corrected chi connectivity index (χ4v) is 5.74. The van der Waals surface area contributed by atoms with Gasteiger partial charge in [0.15, 0.2) is 0 Å². The summed E-state index contributed by atoms with van der Waals surface area (Å²) in [4.78, 5) is 12.3. The number of carbonyl (C=O) groups is 1. The van der Waals surface area contributed by atoms with Crippen molar-refractivity contribution in [2.45, 2.75) is 44.9 Å². The minimum atomic E-state index is 0.140. The molecule has 3 N–H and O–H groups in total. The first kappa shape index (κ1) is 14.1. The maximum Gasteiger partial charge on any atom is 0.224 e. The van der Waals surface area contributed by atoms with Crippen LogP contribution in [0.3, 0.4) is 0 Å². The number of hydrogen-bond acceptors (Lipinski definition) is 2. The summed E-state index contributed by atoms with van der Waals surface area (Å²) in [5.74, 6) is 2.97. The van der Waals surface area contributed by atoms with Crippen LogP contribution in [0.4, 0.5) is 5.69 Å². The van der Waals surface area contributed by atoms with Gasteiger partial charge in [0, 0.05) is 12.2 Å². The third-order valence-corrected chi connectivity index (χ3v) is 6.14. The van der Waals surface area contributed by atoms with Crippen LogP contribution in [0.2, 0.25) is 0 Å². The Morgan fingerprint density at radius 3 is 2.36 bits per heavy atom. The van der Waals surface area contributed by atoms with Gasteiger partial charge in [-0.3, -0.25) is 4.79 Å². The van der Waals surface area contributed by atoms with Gasteiger partial charge in [0.2, 0.25) is 5.91 Å². The zero-order valence-electron chi connectivity index (χ0n) is 13.2. The van der Waals surface area contributed by atoms with E-state index in [1.165, 1.54) is 38.5 Å². The quantitative estimate of drug-likeness (QED) is 0.839. The van der Waals surface area contributed by atoms with Crippen LogP contribution in [0.5, 0.6) is 0 Å². The van der Waals surface area contributed by atoms with Crippen molar-refractivity contribution in [2.24, 2.45) is 23.2 Å². The van der Waals surface area contributed by atoms with Crippen molar-refractivity contribution < 1.29 is 4.79 Å². The van der Waals surface area contributed by atoms with Crippen molar-refractivity contribution in [3.8, 4) is 0 Å². The molecule has 4 saturated carbocycles. The van der Waals surface area contributed by atoms with Crippen LogP contribution < -0.4 is 11.1 Å². The number of nitrogens with one attached hydrogen (secondary N) is 1. The molecule has 4 aliphatic carbocycles. The lowest BCUT2D eigenvalue weighted by Crippen LogP contribution is -2.51. The van der Waals surface area contributed by atoms with Crippen molar-refractivity contribution in [1.82, 2.24) is 5.32 Å². The monoisotopic (exact) mass is 298 g/mol. The molecule has 1 aromatic rings. The van der Waals surface area contributed by atoms with Gasteiger partial charge in [0.25, 0.3) is 0 Å². The Hall–Kier alpha value is -1.51. The molecule has 5 rings (SSSR count). The van der Waals surface area contributed by atoms with Crippen molar-refractivity contribution >= 4 is 11.6 Å². The molecule has 1 aromatic carbocycles. The summed E-state index contributed by atoms with van der Waals surface area (Å²) < 4.78 is 0. The lowest BCUT2D eigenvalue weighted by atomic mass is 9.49. The van der Waals surface area contributed by atoms with E-state index in [2.05, 4.69) is 5.32 Å². The summed E-state index contributed by atoms with van der Waals surface area (Å²) >= 11 is 0. The Bertz CT molecular complexity index is 545. The van der Waals surface area contributed by atoms with E-state index in [4.69, 9.17) is 5.73 Å². The summed E-state index contributed by atoms with van der Waals surface area (Å²) in [6, 6.07) is 7.64. The molecule has 4 bridgehead atoms. The maximum atomic E-state index is 12.3. The minimum Gasteiger partial charge on any atom is -0.399 e. The summed E-state index contributed by atoms with van der Waals surface area (Å²) in [7, 11) is 0. The second-order valence-corrected chi connectivity index (χ2v) is 8.12. The molecule has 118 valence electrons. The van der Waals surface area contributed by atoms with Crippen molar-refractivity contribution in [3.05, 3.63) is 29.8 Å². The highest BCUT2D eigenvalue weighted by atomic mass is 16.1. The normalized spacial score (nSPS) is 35.5. The van der Waals surface area contributed by atoms with Crippen molar-refractivity contribution in [1.29, 1.82) is 0 Å². The first-order valence-electron chi connectivity index (χ1n) is 8.71. The third-order valence-electron chi connectivity index (χ3n) is 6.14. The zero-order chi connectivity index (χ0) is 15.2. The Morgan fingerprint density at radius 2 is 1.77 bits per heavy atom. The first-order valence-corrected chi connectivity index (χ1v) is 8.71. The van der Waals surface area contributed by atoms with Gasteiger partial charge in [-0.05, 0) is 79.4 Å². The highest BCUT2D eigenvalue weighted by Crippen LogP contribution is 2.59. The Labute approximate surface area is 132 Å². The number of benzene rings is 1. The molecule has 0 unspecified atom stereocenters.